The standard InChI is InChI=1S/C19H18N2O/c1-14-18(13-20-15(2)21-14)19(22,16-9-5-3-6-10-16)17-11-7-4-8-12-17/h3-13,22H,1-2H3. The maximum absolute atomic E-state index is 11.6. The van der Waals surface area contributed by atoms with Crippen molar-refractivity contribution < 1.29 is 5.11 Å². The van der Waals surface area contributed by atoms with Gasteiger partial charge in [-0.1, -0.05) is 60.7 Å². The number of aryl methyl sites for hydroxylation is 2. The van der Waals surface area contributed by atoms with Gasteiger partial charge in [0.1, 0.15) is 11.4 Å². The summed E-state index contributed by atoms with van der Waals surface area (Å²) in [6, 6.07) is 19.3. The van der Waals surface area contributed by atoms with Gasteiger partial charge in [0, 0.05) is 17.5 Å². The van der Waals surface area contributed by atoms with E-state index in [0.29, 0.717) is 11.4 Å². The van der Waals surface area contributed by atoms with Gasteiger partial charge in [-0.15, -0.1) is 0 Å². The van der Waals surface area contributed by atoms with Crippen molar-refractivity contribution in [2.45, 2.75) is 19.4 Å². The molecule has 3 aromatic rings. The molecule has 0 atom stereocenters. The van der Waals surface area contributed by atoms with E-state index in [1.807, 2.05) is 74.5 Å². The first-order chi connectivity index (χ1) is 10.6. The van der Waals surface area contributed by atoms with Crippen LogP contribution in [-0.4, -0.2) is 15.1 Å². The predicted molar refractivity (Wildman–Crippen MR) is 86.5 cm³/mol. The summed E-state index contributed by atoms with van der Waals surface area (Å²) < 4.78 is 0. The van der Waals surface area contributed by atoms with E-state index >= 15 is 0 Å². The van der Waals surface area contributed by atoms with Gasteiger partial charge in [0.25, 0.3) is 0 Å². The largest absolute Gasteiger partial charge is 0.376 e. The number of rotatable bonds is 3. The molecule has 0 radical (unpaired) electrons. The highest BCUT2D eigenvalue weighted by atomic mass is 16.3. The van der Waals surface area contributed by atoms with Crippen molar-refractivity contribution in [3.8, 4) is 0 Å². The maximum atomic E-state index is 11.6. The van der Waals surface area contributed by atoms with Crippen molar-refractivity contribution in [3.63, 3.8) is 0 Å². The third kappa shape index (κ3) is 2.40. The van der Waals surface area contributed by atoms with E-state index in [4.69, 9.17) is 0 Å². The Morgan fingerprint density at radius 3 is 1.77 bits per heavy atom. The number of hydrogen-bond donors (Lipinski definition) is 1. The van der Waals surface area contributed by atoms with Crippen LogP contribution in [0.2, 0.25) is 0 Å². The molecule has 0 fully saturated rings. The smallest absolute Gasteiger partial charge is 0.143 e. The van der Waals surface area contributed by atoms with Gasteiger partial charge in [0.15, 0.2) is 0 Å². The van der Waals surface area contributed by atoms with Gasteiger partial charge in [-0.05, 0) is 25.0 Å². The average molecular weight is 290 g/mol. The molecule has 1 aromatic heterocycles. The van der Waals surface area contributed by atoms with Crippen molar-refractivity contribution >= 4 is 0 Å². The van der Waals surface area contributed by atoms with E-state index in [9.17, 15) is 5.11 Å². The first-order valence-electron chi connectivity index (χ1n) is 7.26. The molecule has 3 heteroatoms. The zero-order chi connectivity index (χ0) is 15.6. The van der Waals surface area contributed by atoms with Gasteiger partial charge in [0.2, 0.25) is 0 Å². The number of nitrogens with zero attached hydrogens (tertiary/aromatic N) is 2. The molecular weight excluding hydrogens is 272 g/mol. The Kier molecular flexibility index (Phi) is 3.73. The summed E-state index contributed by atoms with van der Waals surface area (Å²) >= 11 is 0. The summed E-state index contributed by atoms with van der Waals surface area (Å²) in [5, 5.41) is 11.6. The molecule has 0 amide bonds. The Morgan fingerprint density at radius 2 is 1.32 bits per heavy atom. The number of benzene rings is 2. The molecule has 0 aliphatic carbocycles. The highest BCUT2D eigenvalue weighted by Gasteiger charge is 2.35. The van der Waals surface area contributed by atoms with Crippen molar-refractivity contribution in [2.24, 2.45) is 0 Å². The number of aliphatic hydroxyl groups is 1. The lowest BCUT2D eigenvalue weighted by Gasteiger charge is -2.30. The van der Waals surface area contributed by atoms with E-state index in [2.05, 4.69) is 9.97 Å². The van der Waals surface area contributed by atoms with Crippen LogP contribution in [0.15, 0.2) is 66.9 Å². The second-order valence-electron chi connectivity index (χ2n) is 5.36. The van der Waals surface area contributed by atoms with Crippen LogP contribution in [0.1, 0.15) is 28.2 Å². The third-order valence-corrected chi connectivity index (χ3v) is 3.87. The van der Waals surface area contributed by atoms with Gasteiger partial charge in [-0.3, -0.25) is 0 Å². The van der Waals surface area contributed by atoms with Crippen molar-refractivity contribution in [3.05, 3.63) is 95.1 Å². The van der Waals surface area contributed by atoms with E-state index in [1.54, 1.807) is 6.20 Å². The minimum Gasteiger partial charge on any atom is -0.376 e. The minimum atomic E-state index is -1.26. The zero-order valence-corrected chi connectivity index (χ0v) is 12.7. The van der Waals surface area contributed by atoms with Crippen LogP contribution in [0, 0.1) is 13.8 Å². The van der Waals surface area contributed by atoms with Crippen LogP contribution in [0.4, 0.5) is 0 Å². The summed E-state index contributed by atoms with van der Waals surface area (Å²) in [7, 11) is 0. The van der Waals surface area contributed by atoms with Crippen molar-refractivity contribution in [1.29, 1.82) is 0 Å². The molecule has 0 bridgehead atoms. The van der Waals surface area contributed by atoms with Crippen LogP contribution in [0.3, 0.4) is 0 Å². The lowest BCUT2D eigenvalue weighted by atomic mass is 9.80. The van der Waals surface area contributed by atoms with Crippen LogP contribution in [-0.2, 0) is 5.60 Å². The van der Waals surface area contributed by atoms with E-state index in [0.717, 1.165) is 16.8 Å². The molecule has 22 heavy (non-hydrogen) atoms. The summed E-state index contributed by atoms with van der Waals surface area (Å²) in [5.74, 6) is 0.699. The van der Waals surface area contributed by atoms with Crippen LogP contribution in [0.5, 0.6) is 0 Å². The Hall–Kier alpha value is -2.52. The highest BCUT2D eigenvalue weighted by Crippen LogP contribution is 2.37. The SMILES string of the molecule is Cc1ncc(C(O)(c2ccccc2)c2ccccc2)c(C)n1. The first kappa shape index (κ1) is 14.4. The molecule has 1 heterocycles. The number of aromatic nitrogens is 2. The molecule has 3 rings (SSSR count). The van der Waals surface area contributed by atoms with Crippen molar-refractivity contribution in [1.82, 2.24) is 9.97 Å². The lowest BCUT2D eigenvalue weighted by Crippen LogP contribution is -2.30. The Balaban J connectivity index is 2.28. The van der Waals surface area contributed by atoms with Gasteiger partial charge in [0.05, 0.1) is 0 Å². The Bertz CT molecular complexity index is 730. The summed E-state index contributed by atoms with van der Waals surface area (Å²) in [6.07, 6.45) is 1.72. The Labute approximate surface area is 130 Å². The molecule has 3 nitrogen and oxygen atoms in total. The molecular formula is C19H18N2O. The molecule has 110 valence electrons. The van der Waals surface area contributed by atoms with E-state index in [1.165, 1.54) is 0 Å². The van der Waals surface area contributed by atoms with Gasteiger partial charge >= 0.3 is 0 Å². The Morgan fingerprint density at radius 1 is 0.818 bits per heavy atom. The maximum Gasteiger partial charge on any atom is 0.143 e. The molecule has 0 saturated heterocycles. The third-order valence-electron chi connectivity index (χ3n) is 3.87. The summed E-state index contributed by atoms with van der Waals surface area (Å²) in [5.41, 5.74) is 1.83. The van der Waals surface area contributed by atoms with Crippen LogP contribution >= 0.6 is 0 Å². The fraction of sp³-hybridized carbons (Fsp3) is 0.158. The predicted octanol–water partition coefficient (Wildman–Crippen LogP) is 3.38. The van der Waals surface area contributed by atoms with Crippen molar-refractivity contribution in [2.75, 3.05) is 0 Å². The van der Waals surface area contributed by atoms with E-state index in [-0.39, 0.29) is 0 Å². The molecule has 0 saturated carbocycles. The molecule has 2 aromatic carbocycles. The van der Waals surface area contributed by atoms with Crippen LogP contribution in [0.25, 0.3) is 0 Å². The number of hydrogen-bond acceptors (Lipinski definition) is 3. The topological polar surface area (TPSA) is 46.0 Å². The zero-order valence-electron chi connectivity index (χ0n) is 12.7. The summed E-state index contributed by atoms with van der Waals surface area (Å²) in [6.45, 7) is 3.75. The molecule has 0 aliphatic rings. The van der Waals surface area contributed by atoms with E-state index < -0.39 is 5.60 Å². The fourth-order valence-corrected chi connectivity index (χ4v) is 2.77. The highest BCUT2D eigenvalue weighted by molar-refractivity contribution is 5.47. The normalized spacial score (nSPS) is 11.4. The van der Waals surface area contributed by atoms with Gasteiger partial charge in [-0.2, -0.15) is 0 Å². The first-order valence-corrected chi connectivity index (χ1v) is 7.26. The van der Waals surface area contributed by atoms with Crippen LogP contribution < -0.4 is 0 Å². The molecule has 0 aliphatic heterocycles. The lowest BCUT2D eigenvalue weighted by molar-refractivity contribution is 0.124. The second-order valence-corrected chi connectivity index (χ2v) is 5.36. The second kappa shape index (κ2) is 5.70. The summed E-state index contributed by atoms with van der Waals surface area (Å²) in [4.78, 5) is 8.71. The van der Waals surface area contributed by atoms with Gasteiger partial charge < -0.3 is 5.11 Å². The molecule has 0 unspecified atom stereocenters. The molecule has 1 N–H and O–H groups in total. The molecule has 0 spiro atoms. The average Bonchev–Trinajstić information content (AvgIpc) is 2.56. The quantitative estimate of drug-likeness (QED) is 0.804. The fourth-order valence-electron chi connectivity index (χ4n) is 2.77. The van der Waals surface area contributed by atoms with Gasteiger partial charge in [-0.25, -0.2) is 9.97 Å². The monoisotopic (exact) mass is 290 g/mol. The minimum absolute atomic E-state index is 0.699.